The monoisotopic (exact) mass is 267 g/mol. The summed E-state index contributed by atoms with van der Waals surface area (Å²) < 4.78 is -1.28. The smallest absolute Gasteiger partial charge is 0.258 e. The van der Waals surface area contributed by atoms with Crippen molar-refractivity contribution in [3.8, 4) is 0 Å². The molecule has 0 N–H and O–H groups in total. The molecule has 0 unspecified atom stereocenters. The van der Waals surface area contributed by atoms with Crippen molar-refractivity contribution in [1.82, 2.24) is 0 Å². The molecule has 6 heteroatoms. The first kappa shape index (κ1) is 12.6. The van der Waals surface area contributed by atoms with Gasteiger partial charge in [-0.05, 0) is 18.4 Å². The summed E-state index contributed by atoms with van der Waals surface area (Å²) in [6.45, 7) is 0. The van der Waals surface area contributed by atoms with Gasteiger partial charge in [-0.25, -0.2) is 0 Å². The van der Waals surface area contributed by atoms with Crippen molar-refractivity contribution < 1.29 is 4.92 Å². The van der Waals surface area contributed by atoms with Crippen molar-refractivity contribution in [2.75, 3.05) is 0 Å². The molecule has 0 radical (unpaired) electrons. The molecule has 1 aromatic rings. The lowest BCUT2D eigenvalue weighted by Crippen LogP contribution is -2.03. The molecule has 0 aliphatic carbocycles. The molecule has 82 valence electrons. The summed E-state index contributed by atoms with van der Waals surface area (Å²) in [5, 5.41) is 10.4. The summed E-state index contributed by atoms with van der Waals surface area (Å²) in [6.07, 6.45) is 0.962. The van der Waals surface area contributed by atoms with E-state index in [4.69, 9.17) is 34.8 Å². The Bertz CT molecular complexity index is 345. The second-order valence-corrected chi connectivity index (χ2v) is 5.55. The van der Waals surface area contributed by atoms with E-state index in [-0.39, 0.29) is 5.69 Å². The Morgan fingerprint density at radius 3 is 2.13 bits per heavy atom. The topological polar surface area (TPSA) is 43.1 Å². The van der Waals surface area contributed by atoms with E-state index >= 15 is 0 Å². The number of halogens is 3. The molecule has 0 aliphatic rings. The largest absolute Gasteiger partial charge is 0.269 e. The van der Waals surface area contributed by atoms with Crippen molar-refractivity contribution in [3.63, 3.8) is 0 Å². The van der Waals surface area contributed by atoms with E-state index in [0.29, 0.717) is 12.8 Å². The van der Waals surface area contributed by atoms with Gasteiger partial charge in [0.25, 0.3) is 5.69 Å². The number of non-ortho nitro benzene ring substituents is 1. The summed E-state index contributed by atoms with van der Waals surface area (Å²) in [6, 6.07) is 6.20. The van der Waals surface area contributed by atoms with Crippen molar-refractivity contribution in [2.45, 2.75) is 16.6 Å². The minimum atomic E-state index is -1.28. The summed E-state index contributed by atoms with van der Waals surface area (Å²) >= 11 is 16.8. The number of nitrogens with zero attached hydrogens (tertiary/aromatic N) is 1. The van der Waals surface area contributed by atoms with Gasteiger partial charge in [0, 0.05) is 12.1 Å². The van der Waals surface area contributed by atoms with Gasteiger partial charge in [0.15, 0.2) is 3.79 Å². The number of nitro benzene ring substituents is 1. The van der Waals surface area contributed by atoms with Gasteiger partial charge in [-0.15, -0.1) is 0 Å². The molecule has 0 saturated carbocycles. The predicted octanol–water partition coefficient (Wildman–Crippen LogP) is 3.90. The number of nitro groups is 1. The van der Waals surface area contributed by atoms with Gasteiger partial charge in [-0.1, -0.05) is 46.9 Å². The Morgan fingerprint density at radius 2 is 1.73 bits per heavy atom. The first-order chi connectivity index (χ1) is 6.88. The van der Waals surface area contributed by atoms with Gasteiger partial charge in [0.1, 0.15) is 0 Å². The van der Waals surface area contributed by atoms with Crippen LogP contribution in [-0.4, -0.2) is 8.72 Å². The van der Waals surface area contributed by atoms with Crippen molar-refractivity contribution in [1.29, 1.82) is 0 Å². The van der Waals surface area contributed by atoms with Crippen LogP contribution in [0, 0.1) is 10.1 Å². The van der Waals surface area contributed by atoms with E-state index in [9.17, 15) is 10.1 Å². The Morgan fingerprint density at radius 1 is 1.20 bits per heavy atom. The second kappa shape index (κ2) is 5.01. The van der Waals surface area contributed by atoms with Crippen molar-refractivity contribution >= 4 is 40.5 Å². The molecule has 3 nitrogen and oxygen atoms in total. The summed E-state index contributed by atoms with van der Waals surface area (Å²) in [5.74, 6) is 0. The molecule has 0 aliphatic heterocycles. The molecule has 0 bridgehead atoms. The van der Waals surface area contributed by atoms with Crippen LogP contribution in [0.5, 0.6) is 0 Å². The standard InChI is InChI=1S/C9H8Cl3NO2/c10-9(11,12)6-5-7-1-3-8(4-2-7)13(14)15/h1-4H,5-6H2. The van der Waals surface area contributed by atoms with E-state index in [1.54, 1.807) is 12.1 Å². The fourth-order valence-electron chi connectivity index (χ4n) is 1.07. The fraction of sp³-hybridized carbons (Fsp3) is 0.333. The maximum atomic E-state index is 10.4. The quantitative estimate of drug-likeness (QED) is 0.474. The Labute approximate surface area is 102 Å². The number of alkyl halides is 3. The summed E-state index contributed by atoms with van der Waals surface area (Å²) in [7, 11) is 0. The van der Waals surface area contributed by atoms with Gasteiger partial charge >= 0.3 is 0 Å². The lowest BCUT2D eigenvalue weighted by Gasteiger charge is -2.09. The number of hydrogen-bond acceptors (Lipinski definition) is 2. The highest BCUT2D eigenvalue weighted by Crippen LogP contribution is 2.31. The highest BCUT2D eigenvalue weighted by atomic mass is 35.6. The van der Waals surface area contributed by atoms with Gasteiger partial charge in [-0.3, -0.25) is 10.1 Å². The fourth-order valence-corrected chi connectivity index (χ4v) is 1.35. The maximum absolute atomic E-state index is 10.4. The normalized spacial score (nSPS) is 11.4. The van der Waals surface area contributed by atoms with Crippen molar-refractivity contribution in [3.05, 3.63) is 39.9 Å². The van der Waals surface area contributed by atoms with Crippen molar-refractivity contribution in [2.24, 2.45) is 0 Å². The lowest BCUT2D eigenvalue weighted by atomic mass is 10.1. The highest BCUT2D eigenvalue weighted by Gasteiger charge is 2.18. The van der Waals surface area contributed by atoms with E-state index in [0.717, 1.165) is 5.56 Å². The highest BCUT2D eigenvalue weighted by molar-refractivity contribution is 6.67. The number of hydrogen-bond donors (Lipinski definition) is 0. The average Bonchev–Trinajstić information content (AvgIpc) is 2.14. The summed E-state index contributed by atoms with van der Waals surface area (Å²) in [4.78, 5) is 9.93. The Hall–Kier alpha value is -0.510. The van der Waals surface area contributed by atoms with Crippen LogP contribution in [0.25, 0.3) is 0 Å². The molecule has 15 heavy (non-hydrogen) atoms. The van der Waals surface area contributed by atoms with Gasteiger partial charge in [0.05, 0.1) is 4.92 Å². The van der Waals surface area contributed by atoms with E-state index in [1.165, 1.54) is 12.1 Å². The summed E-state index contributed by atoms with van der Waals surface area (Å²) in [5.41, 5.74) is 0.972. The van der Waals surface area contributed by atoms with Crippen LogP contribution < -0.4 is 0 Å². The second-order valence-electron chi connectivity index (χ2n) is 3.04. The molecule has 1 aromatic carbocycles. The first-order valence-corrected chi connectivity index (χ1v) is 5.32. The molecule has 1 rings (SSSR count). The molecule has 0 spiro atoms. The molecule has 0 heterocycles. The van der Waals surface area contributed by atoms with Crippen LogP contribution in [0.4, 0.5) is 5.69 Å². The van der Waals surface area contributed by atoms with Gasteiger partial charge in [-0.2, -0.15) is 0 Å². The predicted molar refractivity (Wildman–Crippen MR) is 61.7 cm³/mol. The van der Waals surface area contributed by atoms with Crippen LogP contribution in [0.3, 0.4) is 0 Å². The molecular formula is C9H8Cl3NO2. The third-order valence-corrected chi connectivity index (χ3v) is 2.41. The molecule has 0 atom stereocenters. The Balaban J connectivity index is 2.61. The third-order valence-electron chi connectivity index (χ3n) is 1.84. The third kappa shape index (κ3) is 4.69. The molecule has 0 amide bonds. The number of rotatable bonds is 3. The molecule has 0 saturated heterocycles. The average molecular weight is 269 g/mol. The zero-order valence-electron chi connectivity index (χ0n) is 7.62. The molecule has 0 fully saturated rings. The zero-order chi connectivity index (χ0) is 11.5. The van der Waals surface area contributed by atoms with Crippen LogP contribution >= 0.6 is 34.8 Å². The van der Waals surface area contributed by atoms with Crippen LogP contribution in [0.1, 0.15) is 12.0 Å². The first-order valence-electron chi connectivity index (χ1n) is 4.18. The minimum Gasteiger partial charge on any atom is -0.258 e. The maximum Gasteiger partial charge on any atom is 0.269 e. The minimum absolute atomic E-state index is 0.0626. The van der Waals surface area contributed by atoms with Crippen LogP contribution in [0.15, 0.2) is 24.3 Å². The van der Waals surface area contributed by atoms with Gasteiger partial charge < -0.3 is 0 Å². The van der Waals surface area contributed by atoms with Crippen LogP contribution in [-0.2, 0) is 6.42 Å². The van der Waals surface area contributed by atoms with Crippen LogP contribution in [0.2, 0.25) is 0 Å². The van der Waals surface area contributed by atoms with E-state index in [2.05, 4.69) is 0 Å². The van der Waals surface area contributed by atoms with E-state index < -0.39 is 8.72 Å². The SMILES string of the molecule is O=[N+]([O-])c1ccc(CCC(Cl)(Cl)Cl)cc1. The number of aryl methyl sites for hydroxylation is 1. The van der Waals surface area contributed by atoms with E-state index in [1.807, 2.05) is 0 Å². The Kier molecular flexibility index (Phi) is 4.20. The molecular weight excluding hydrogens is 260 g/mol. The number of benzene rings is 1. The molecule has 0 aromatic heterocycles. The zero-order valence-corrected chi connectivity index (χ0v) is 9.89. The van der Waals surface area contributed by atoms with Gasteiger partial charge in [0.2, 0.25) is 0 Å². The lowest BCUT2D eigenvalue weighted by molar-refractivity contribution is -0.384.